The summed E-state index contributed by atoms with van der Waals surface area (Å²) in [6.07, 6.45) is 0.957. The molecule has 1 aromatic carbocycles. The van der Waals surface area contributed by atoms with Crippen LogP contribution >= 0.6 is 0 Å². The van der Waals surface area contributed by atoms with Gasteiger partial charge in [0.1, 0.15) is 12.4 Å². The van der Waals surface area contributed by atoms with Crippen molar-refractivity contribution in [3.63, 3.8) is 0 Å². The molecule has 0 saturated carbocycles. The van der Waals surface area contributed by atoms with Crippen LogP contribution in [0.3, 0.4) is 0 Å². The molecule has 0 spiro atoms. The van der Waals surface area contributed by atoms with Gasteiger partial charge in [-0.15, -0.1) is 0 Å². The van der Waals surface area contributed by atoms with Gasteiger partial charge in [0.2, 0.25) is 0 Å². The van der Waals surface area contributed by atoms with E-state index in [0.29, 0.717) is 11.8 Å². The van der Waals surface area contributed by atoms with Crippen LogP contribution < -0.4 is 10.1 Å². The van der Waals surface area contributed by atoms with Crippen LogP contribution in [0.2, 0.25) is 0 Å². The van der Waals surface area contributed by atoms with E-state index < -0.39 is 9.84 Å². The molecule has 1 N–H and O–H groups in total. The number of likely N-dealkylation sites (N-methyl/N-ethyl adjacent to an activating group) is 1. The SMILES string of the molecule is CNC(C)Cc1ccc(OCCS(=O)(=O)C(C)C)cc1. The minimum Gasteiger partial charge on any atom is -0.493 e. The van der Waals surface area contributed by atoms with Gasteiger partial charge in [-0.1, -0.05) is 12.1 Å². The molecule has 1 atom stereocenters. The van der Waals surface area contributed by atoms with Crippen LogP contribution in [-0.4, -0.2) is 39.1 Å². The first-order valence-electron chi connectivity index (χ1n) is 6.95. The highest BCUT2D eigenvalue weighted by atomic mass is 32.2. The van der Waals surface area contributed by atoms with Crippen molar-refractivity contribution >= 4 is 9.84 Å². The monoisotopic (exact) mass is 299 g/mol. The third kappa shape index (κ3) is 5.51. The third-order valence-corrected chi connectivity index (χ3v) is 5.49. The normalized spacial score (nSPS) is 13.4. The average molecular weight is 299 g/mol. The van der Waals surface area contributed by atoms with Gasteiger partial charge in [0, 0.05) is 6.04 Å². The van der Waals surface area contributed by atoms with Crippen molar-refractivity contribution in [3.8, 4) is 5.75 Å². The molecule has 0 aliphatic carbocycles. The Labute approximate surface area is 122 Å². The first-order valence-corrected chi connectivity index (χ1v) is 8.67. The molecular weight excluding hydrogens is 274 g/mol. The van der Waals surface area contributed by atoms with E-state index in [9.17, 15) is 8.42 Å². The Morgan fingerprint density at radius 1 is 1.15 bits per heavy atom. The molecule has 20 heavy (non-hydrogen) atoms. The fourth-order valence-corrected chi connectivity index (χ4v) is 2.48. The summed E-state index contributed by atoms with van der Waals surface area (Å²) in [4.78, 5) is 0. The molecular formula is C15H25NO3S. The van der Waals surface area contributed by atoms with Crippen molar-refractivity contribution in [2.75, 3.05) is 19.4 Å². The van der Waals surface area contributed by atoms with Crippen LogP contribution in [0.15, 0.2) is 24.3 Å². The van der Waals surface area contributed by atoms with Gasteiger partial charge in [0.05, 0.1) is 11.0 Å². The maximum Gasteiger partial charge on any atom is 0.155 e. The van der Waals surface area contributed by atoms with Crippen molar-refractivity contribution in [2.45, 2.75) is 38.5 Å². The van der Waals surface area contributed by atoms with E-state index in [2.05, 4.69) is 12.2 Å². The lowest BCUT2D eigenvalue weighted by atomic mass is 10.1. The van der Waals surface area contributed by atoms with Gasteiger partial charge in [-0.25, -0.2) is 8.42 Å². The van der Waals surface area contributed by atoms with E-state index in [1.807, 2.05) is 31.3 Å². The van der Waals surface area contributed by atoms with Gasteiger partial charge in [-0.3, -0.25) is 0 Å². The molecule has 0 bridgehead atoms. The fraction of sp³-hybridized carbons (Fsp3) is 0.600. The third-order valence-electron chi connectivity index (χ3n) is 3.31. The highest BCUT2D eigenvalue weighted by Crippen LogP contribution is 2.14. The molecule has 0 heterocycles. The lowest BCUT2D eigenvalue weighted by Crippen LogP contribution is -2.23. The molecule has 1 rings (SSSR count). The van der Waals surface area contributed by atoms with Crippen LogP contribution in [0.5, 0.6) is 5.75 Å². The summed E-state index contributed by atoms with van der Waals surface area (Å²) in [5.74, 6) is 0.772. The minimum absolute atomic E-state index is 0.0587. The lowest BCUT2D eigenvalue weighted by Gasteiger charge is -2.11. The Morgan fingerprint density at radius 2 is 1.75 bits per heavy atom. The van der Waals surface area contributed by atoms with E-state index in [-0.39, 0.29) is 17.6 Å². The molecule has 0 saturated heterocycles. The maximum atomic E-state index is 11.6. The van der Waals surface area contributed by atoms with Crippen LogP contribution in [0.4, 0.5) is 0 Å². The summed E-state index contributed by atoms with van der Waals surface area (Å²) in [6.45, 7) is 5.70. The second-order valence-electron chi connectivity index (χ2n) is 5.30. The van der Waals surface area contributed by atoms with Crippen LogP contribution in [0.1, 0.15) is 26.3 Å². The summed E-state index contributed by atoms with van der Waals surface area (Å²) >= 11 is 0. The Hall–Kier alpha value is -1.07. The Morgan fingerprint density at radius 3 is 2.25 bits per heavy atom. The summed E-state index contributed by atoms with van der Waals surface area (Å²) in [5, 5.41) is 2.84. The number of nitrogens with one attached hydrogen (secondary N) is 1. The Bertz CT molecular complexity index is 494. The van der Waals surface area contributed by atoms with E-state index in [1.54, 1.807) is 13.8 Å². The van der Waals surface area contributed by atoms with Gasteiger partial charge in [0.25, 0.3) is 0 Å². The molecule has 0 aliphatic rings. The second-order valence-corrected chi connectivity index (χ2v) is 7.98. The smallest absolute Gasteiger partial charge is 0.155 e. The molecule has 5 heteroatoms. The van der Waals surface area contributed by atoms with Crippen molar-refractivity contribution in [2.24, 2.45) is 0 Å². The van der Waals surface area contributed by atoms with Crippen LogP contribution in [0.25, 0.3) is 0 Å². The molecule has 114 valence electrons. The first kappa shape index (κ1) is 17.0. The highest BCUT2D eigenvalue weighted by molar-refractivity contribution is 7.91. The predicted molar refractivity (Wildman–Crippen MR) is 83.1 cm³/mol. The summed E-state index contributed by atoms with van der Waals surface area (Å²) < 4.78 is 28.8. The summed E-state index contributed by atoms with van der Waals surface area (Å²) in [5.41, 5.74) is 1.23. The largest absolute Gasteiger partial charge is 0.493 e. The van der Waals surface area contributed by atoms with Crippen molar-refractivity contribution in [1.82, 2.24) is 5.32 Å². The van der Waals surface area contributed by atoms with Crippen LogP contribution in [0, 0.1) is 0 Å². The topological polar surface area (TPSA) is 55.4 Å². The van der Waals surface area contributed by atoms with E-state index >= 15 is 0 Å². The van der Waals surface area contributed by atoms with Crippen LogP contribution in [-0.2, 0) is 16.3 Å². The highest BCUT2D eigenvalue weighted by Gasteiger charge is 2.15. The van der Waals surface area contributed by atoms with E-state index in [0.717, 1.165) is 6.42 Å². The molecule has 0 aliphatic heterocycles. The first-order chi connectivity index (χ1) is 9.35. The zero-order valence-corrected chi connectivity index (χ0v) is 13.5. The number of rotatable bonds is 8. The molecule has 0 aromatic heterocycles. The Balaban J connectivity index is 2.46. The summed E-state index contributed by atoms with van der Waals surface area (Å²) in [6, 6.07) is 8.23. The standard InChI is InChI=1S/C15H25NO3S/c1-12(2)20(17,18)10-9-19-15-7-5-14(6-8-15)11-13(3)16-4/h5-8,12-13,16H,9-11H2,1-4H3. The molecule has 0 radical (unpaired) electrons. The number of ether oxygens (including phenoxy) is 1. The maximum absolute atomic E-state index is 11.6. The van der Waals surface area contributed by atoms with Gasteiger partial charge in [-0.05, 0) is 51.9 Å². The van der Waals surface area contributed by atoms with Crippen molar-refractivity contribution < 1.29 is 13.2 Å². The minimum atomic E-state index is -3.03. The lowest BCUT2D eigenvalue weighted by molar-refractivity contribution is 0.340. The van der Waals surface area contributed by atoms with E-state index in [1.165, 1.54) is 5.56 Å². The van der Waals surface area contributed by atoms with Gasteiger partial charge >= 0.3 is 0 Å². The van der Waals surface area contributed by atoms with E-state index in [4.69, 9.17) is 4.74 Å². The molecule has 0 amide bonds. The number of sulfone groups is 1. The number of hydrogen-bond acceptors (Lipinski definition) is 4. The molecule has 4 nitrogen and oxygen atoms in total. The Kier molecular flexibility index (Phi) is 6.49. The van der Waals surface area contributed by atoms with Gasteiger partial charge < -0.3 is 10.1 Å². The molecule has 0 fully saturated rings. The van der Waals surface area contributed by atoms with Crippen molar-refractivity contribution in [3.05, 3.63) is 29.8 Å². The number of benzene rings is 1. The van der Waals surface area contributed by atoms with Crippen molar-refractivity contribution in [1.29, 1.82) is 0 Å². The molecule has 1 unspecified atom stereocenters. The summed E-state index contributed by atoms with van der Waals surface area (Å²) in [7, 11) is -1.09. The zero-order valence-electron chi connectivity index (χ0n) is 12.7. The van der Waals surface area contributed by atoms with Gasteiger partial charge in [-0.2, -0.15) is 0 Å². The predicted octanol–water partition coefficient (Wildman–Crippen LogP) is 2.04. The average Bonchev–Trinajstić information content (AvgIpc) is 2.40. The molecule has 1 aromatic rings. The quantitative estimate of drug-likeness (QED) is 0.798. The zero-order chi connectivity index (χ0) is 15.2. The number of hydrogen-bond donors (Lipinski definition) is 1. The second kappa shape index (κ2) is 7.64. The van der Waals surface area contributed by atoms with Gasteiger partial charge in [0.15, 0.2) is 9.84 Å². The fourth-order valence-electron chi connectivity index (χ4n) is 1.69.